The van der Waals surface area contributed by atoms with Gasteiger partial charge in [-0.15, -0.1) is 0 Å². The number of ether oxygens (including phenoxy) is 1. The van der Waals surface area contributed by atoms with Crippen molar-refractivity contribution in [1.82, 2.24) is 5.32 Å². The smallest absolute Gasteiger partial charge is 0.170 e. The minimum Gasteiger partial charge on any atom is -0.376 e. The maximum Gasteiger partial charge on any atom is 0.170 e. The lowest BCUT2D eigenvalue weighted by Gasteiger charge is -2.15. The summed E-state index contributed by atoms with van der Waals surface area (Å²) in [7, 11) is 0. The molecule has 0 aromatic heterocycles. The fourth-order valence-electron chi connectivity index (χ4n) is 1.78. The van der Waals surface area contributed by atoms with Crippen molar-refractivity contribution in [3.8, 4) is 0 Å². The van der Waals surface area contributed by atoms with Gasteiger partial charge in [-0.25, -0.2) is 0 Å². The summed E-state index contributed by atoms with van der Waals surface area (Å²) in [6.45, 7) is 1.55. The van der Waals surface area contributed by atoms with E-state index in [1.54, 1.807) is 6.07 Å². The first-order valence-electron chi connectivity index (χ1n) is 5.77. The first-order chi connectivity index (χ1) is 8.66. The number of nitrogens with one attached hydrogen (secondary N) is 2. The van der Waals surface area contributed by atoms with E-state index < -0.39 is 0 Å². The van der Waals surface area contributed by atoms with Crippen LogP contribution in [0.3, 0.4) is 0 Å². The third-order valence-electron chi connectivity index (χ3n) is 2.71. The van der Waals surface area contributed by atoms with Gasteiger partial charge in [-0.1, -0.05) is 29.3 Å². The Balaban J connectivity index is 1.84. The fraction of sp³-hybridized carbons (Fsp3) is 0.417. The van der Waals surface area contributed by atoms with Crippen molar-refractivity contribution >= 4 is 46.2 Å². The van der Waals surface area contributed by atoms with Gasteiger partial charge in [-0.05, 0) is 37.2 Å². The van der Waals surface area contributed by atoms with Crippen LogP contribution in [-0.2, 0) is 4.74 Å². The van der Waals surface area contributed by atoms with Crippen molar-refractivity contribution in [3.63, 3.8) is 0 Å². The van der Waals surface area contributed by atoms with Crippen LogP contribution in [0.5, 0.6) is 0 Å². The lowest BCUT2D eigenvalue weighted by molar-refractivity contribution is 0.114. The van der Waals surface area contributed by atoms with E-state index in [4.69, 9.17) is 40.2 Å². The van der Waals surface area contributed by atoms with Crippen molar-refractivity contribution in [3.05, 3.63) is 28.2 Å². The highest BCUT2D eigenvalue weighted by Crippen LogP contribution is 2.29. The van der Waals surface area contributed by atoms with E-state index in [0.29, 0.717) is 27.4 Å². The van der Waals surface area contributed by atoms with Gasteiger partial charge in [0.1, 0.15) is 0 Å². The summed E-state index contributed by atoms with van der Waals surface area (Å²) >= 11 is 17.2. The Hall–Kier alpha value is -0.550. The van der Waals surface area contributed by atoms with E-state index in [2.05, 4.69) is 10.6 Å². The molecule has 3 nitrogen and oxygen atoms in total. The molecule has 1 saturated heterocycles. The predicted octanol–water partition coefficient (Wildman–Crippen LogP) is 3.46. The lowest BCUT2D eigenvalue weighted by Crippen LogP contribution is -2.34. The van der Waals surface area contributed by atoms with Gasteiger partial charge in [0.2, 0.25) is 0 Å². The fourth-order valence-corrected chi connectivity index (χ4v) is 2.32. The molecule has 2 rings (SSSR count). The molecule has 98 valence electrons. The van der Waals surface area contributed by atoms with Crippen LogP contribution >= 0.6 is 35.4 Å². The number of halogens is 2. The summed E-state index contributed by atoms with van der Waals surface area (Å²) in [4.78, 5) is 0. The minimum atomic E-state index is 0.250. The maximum atomic E-state index is 6.06. The number of hydrogen-bond acceptors (Lipinski definition) is 2. The van der Waals surface area contributed by atoms with Gasteiger partial charge in [0.25, 0.3) is 0 Å². The van der Waals surface area contributed by atoms with Gasteiger partial charge >= 0.3 is 0 Å². The maximum absolute atomic E-state index is 6.06. The second-order valence-electron chi connectivity index (χ2n) is 4.07. The molecular formula is C12H14Cl2N2OS. The van der Waals surface area contributed by atoms with Crippen molar-refractivity contribution in [2.75, 3.05) is 18.5 Å². The summed E-state index contributed by atoms with van der Waals surface area (Å²) in [5, 5.41) is 7.64. The van der Waals surface area contributed by atoms with Gasteiger partial charge in [-0.2, -0.15) is 0 Å². The van der Waals surface area contributed by atoms with E-state index in [1.165, 1.54) is 0 Å². The van der Waals surface area contributed by atoms with Crippen LogP contribution in [0, 0.1) is 0 Å². The second kappa shape index (κ2) is 6.57. The number of benzene rings is 1. The molecule has 0 radical (unpaired) electrons. The standard InChI is InChI=1S/C12H14Cl2N2OS/c13-9-4-1-5-10(11(9)14)16-12(18)15-7-8-3-2-6-17-8/h1,4-5,8H,2-3,6-7H2,(H2,15,16,18). The zero-order valence-corrected chi connectivity index (χ0v) is 12.0. The molecule has 2 N–H and O–H groups in total. The highest BCUT2D eigenvalue weighted by Gasteiger charge is 2.15. The molecule has 1 atom stereocenters. The summed E-state index contributed by atoms with van der Waals surface area (Å²) in [6, 6.07) is 5.38. The van der Waals surface area contributed by atoms with Crippen LogP contribution < -0.4 is 10.6 Å². The molecule has 1 fully saturated rings. The third kappa shape index (κ3) is 3.72. The van der Waals surface area contributed by atoms with Crippen LogP contribution in [0.4, 0.5) is 5.69 Å². The Morgan fingerprint density at radius 3 is 3.00 bits per heavy atom. The van der Waals surface area contributed by atoms with Crippen LogP contribution in [0.1, 0.15) is 12.8 Å². The van der Waals surface area contributed by atoms with E-state index >= 15 is 0 Å². The Morgan fingerprint density at radius 1 is 1.44 bits per heavy atom. The third-order valence-corrected chi connectivity index (χ3v) is 3.78. The zero-order chi connectivity index (χ0) is 13.0. The highest BCUT2D eigenvalue weighted by atomic mass is 35.5. The van der Waals surface area contributed by atoms with Gasteiger partial charge in [0, 0.05) is 13.2 Å². The van der Waals surface area contributed by atoms with Crippen molar-refractivity contribution < 1.29 is 4.74 Å². The van der Waals surface area contributed by atoms with E-state index in [9.17, 15) is 0 Å². The molecule has 1 unspecified atom stereocenters. The van der Waals surface area contributed by atoms with Crippen LogP contribution in [0.25, 0.3) is 0 Å². The number of anilines is 1. The van der Waals surface area contributed by atoms with Gasteiger partial charge < -0.3 is 15.4 Å². The van der Waals surface area contributed by atoms with Gasteiger partial charge in [0.05, 0.1) is 21.8 Å². The SMILES string of the molecule is S=C(NCC1CCCO1)Nc1cccc(Cl)c1Cl. The molecule has 1 aromatic carbocycles. The summed E-state index contributed by atoms with van der Waals surface area (Å²) in [6.07, 6.45) is 2.44. The first kappa shape index (κ1) is 13.9. The van der Waals surface area contributed by atoms with Crippen LogP contribution in [0.2, 0.25) is 10.0 Å². The average Bonchev–Trinajstić information content (AvgIpc) is 2.86. The first-order valence-corrected chi connectivity index (χ1v) is 6.93. The van der Waals surface area contributed by atoms with E-state index in [0.717, 1.165) is 19.4 Å². The molecule has 18 heavy (non-hydrogen) atoms. The number of thiocarbonyl (C=S) groups is 1. The number of rotatable bonds is 3. The Labute approximate surface area is 122 Å². The zero-order valence-electron chi connectivity index (χ0n) is 9.71. The van der Waals surface area contributed by atoms with Crippen molar-refractivity contribution in [2.24, 2.45) is 0 Å². The topological polar surface area (TPSA) is 33.3 Å². The molecule has 0 amide bonds. The Kier molecular flexibility index (Phi) is 5.06. The minimum absolute atomic E-state index is 0.250. The molecule has 0 aliphatic carbocycles. The molecule has 1 heterocycles. The summed E-state index contributed by atoms with van der Waals surface area (Å²) < 4.78 is 5.50. The second-order valence-corrected chi connectivity index (χ2v) is 5.26. The molecule has 6 heteroatoms. The lowest BCUT2D eigenvalue weighted by atomic mass is 10.2. The van der Waals surface area contributed by atoms with Crippen LogP contribution in [-0.4, -0.2) is 24.4 Å². The van der Waals surface area contributed by atoms with E-state index in [-0.39, 0.29) is 6.10 Å². The highest BCUT2D eigenvalue weighted by molar-refractivity contribution is 7.80. The van der Waals surface area contributed by atoms with Crippen molar-refractivity contribution in [2.45, 2.75) is 18.9 Å². The quantitative estimate of drug-likeness (QED) is 0.838. The van der Waals surface area contributed by atoms with Crippen molar-refractivity contribution in [1.29, 1.82) is 0 Å². The summed E-state index contributed by atoms with van der Waals surface area (Å²) in [5.41, 5.74) is 0.703. The average molecular weight is 305 g/mol. The molecule has 0 bridgehead atoms. The Morgan fingerprint density at radius 2 is 2.28 bits per heavy atom. The monoisotopic (exact) mass is 304 g/mol. The van der Waals surface area contributed by atoms with Gasteiger partial charge in [-0.3, -0.25) is 0 Å². The normalized spacial score (nSPS) is 18.7. The van der Waals surface area contributed by atoms with E-state index in [1.807, 2.05) is 12.1 Å². The largest absolute Gasteiger partial charge is 0.376 e. The predicted molar refractivity (Wildman–Crippen MR) is 79.7 cm³/mol. The molecule has 1 aliphatic heterocycles. The molecule has 1 aliphatic rings. The Bertz CT molecular complexity index is 436. The molecule has 1 aromatic rings. The molecule has 0 spiro atoms. The number of hydrogen-bond donors (Lipinski definition) is 2. The molecule has 0 saturated carbocycles. The molecular weight excluding hydrogens is 291 g/mol. The van der Waals surface area contributed by atoms with Gasteiger partial charge in [0.15, 0.2) is 5.11 Å². The summed E-state index contributed by atoms with van der Waals surface area (Å²) in [5.74, 6) is 0. The van der Waals surface area contributed by atoms with Crippen LogP contribution in [0.15, 0.2) is 18.2 Å².